The van der Waals surface area contributed by atoms with Crippen molar-refractivity contribution < 1.29 is 0 Å². The Morgan fingerprint density at radius 1 is 1.20 bits per heavy atom. The molecule has 0 bridgehead atoms. The van der Waals surface area contributed by atoms with Gasteiger partial charge in [-0.2, -0.15) is 0 Å². The minimum absolute atomic E-state index is 0.354. The lowest BCUT2D eigenvalue weighted by atomic mass is 10.1. The molecule has 2 atom stereocenters. The van der Waals surface area contributed by atoms with E-state index >= 15 is 0 Å². The Morgan fingerprint density at radius 3 is 2.00 bits per heavy atom. The molecule has 62 valence electrons. The number of hydrogen-bond donors (Lipinski definition) is 0. The summed E-state index contributed by atoms with van der Waals surface area (Å²) in [4.78, 5) is 0. The third-order valence-corrected chi connectivity index (χ3v) is 6.75. The summed E-state index contributed by atoms with van der Waals surface area (Å²) >= 11 is 0. The Bertz CT molecular complexity index is 78.8. The highest BCUT2D eigenvalue weighted by Gasteiger charge is 2.15. The number of rotatable bonds is 4. The third-order valence-electron chi connectivity index (χ3n) is 2.69. The van der Waals surface area contributed by atoms with Crippen molar-refractivity contribution in [2.45, 2.75) is 52.2 Å². The molecule has 1 heteroatoms. The molecule has 0 aliphatic heterocycles. The zero-order valence-electron chi connectivity index (χ0n) is 8.15. The fraction of sp³-hybridized carbons (Fsp3) is 1.00. The van der Waals surface area contributed by atoms with Gasteiger partial charge in [0, 0.05) is 8.80 Å². The molecule has 0 amide bonds. The molecule has 0 N–H and O–H groups in total. The molecule has 0 radical (unpaired) electrons. The average Bonchev–Trinajstić information content (AvgIpc) is 1.87. The normalized spacial score (nSPS) is 17.4. The molecule has 0 aromatic rings. The van der Waals surface area contributed by atoms with E-state index in [2.05, 4.69) is 34.2 Å². The van der Waals surface area contributed by atoms with Crippen LogP contribution in [0.1, 0.15) is 34.1 Å². The van der Waals surface area contributed by atoms with Gasteiger partial charge < -0.3 is 0 Å². The van der Waals surface area contributed by atoms with Crippen molar-refractivity contribution in [3.05, 3.63) is 0 Å². The van der Waals surface area contributed by atoms with Crippen LogP contribution in [0.5, 0.6) is 0 Å². The SMILES string of the molecule is CCC[SiH](C)C(C)C(C)C. The Hall–Kier alpha value is 0.217. The smallest absolute Gasteiger partial charge is 0.0367 e. The highest BCUT2D eigenvalue weighted by Crippen LogP contribution is 2.22. The Balaban J connectivity index is 3.58. The maximum Gasteiger partial charge on any atom is 0.0367 e. The summed E-state index contributed by atoms with van der Waals surface area (Å²) in [5, 5.41) is 0. The first kappa shape index (κ1) is 10.2. The lowest BCUT2D eigenvalue weighted by Gasteiger charge is -2.21. The second-order valence-corrected chi connectivity index (χ2v) is 7.45. The van der Waals surface area contributed by atoms with Crippen molar-refractivity contribution in [3.8, 4) is 0 Å². The molecule has 0 nitrogen and oxygen atoms in total. The molecule has 0 aliphatic rings. The van der Waals surface area contributed by atoms with Crippen molar-refractivity contribution in [2.24, 2.45) is 5.92 Å². The van der Waals surface area contributed by atoms with Gasteiger partial charge in [-0.05, 0) is 11.5 Å². The van der Waals surface area contributed by atoms with Crippen LogP contribution in [0.15, 0.2) is 0 Å². The molecule has 0 fully saturated rings. The van der Waals surface area contributed by atoms with Gasteiger partial charge in [-0.15, -0.1) is 0 Å². The Labute approximate surface area is 67.6 Å². The minimum atomic E-state index is -0.354. The summed E-state index contributed by atoms with van der Waals surface area (Å²) in [6, 6.07) is 1.53. The van der Waals surface area contributed by atoms with Crippen molar-refractivity contribution in [3.63, 3.8) is 0 Å². The first-order chi connectivity index (χ1) is 4.59. The van der Waals surface area contributed by atoms with Crippen LogP contribution >= 0.6 is 0 Å². The number of hydrogen-bond acceptors (Lipinski definition) is 0. The predicted octanol–water partition coefficient (Wildman–Crippen LogP) is 3.30. The van der Waals surface area contributed by atoms with E-state index < -0.39 is 0 Å². The fourth-order valence-corrected chi connectivity index (χ4v) is 4.13. The van der Waals surface area contributed by atoms with Gasteiger partial charge in [0.1, 0.15) is 0 Å². The molecule has 0 rings (SSSR count). The highest BCUT2D eigenvalue weighted by molar-refractivity contribution is 6.58. The molecule has 0 aliphatic carbocycles. The van der Waals surface area contributed by atoms with Crippen LogP contribution in [0.25, 0.3) is 0 Å². The minimum Gasteiger partial charge on any atom is -0.0718 e. The van der Waals surface area contributed by atoms with Crippen LogP contribution in [0, 0.1) is 5.92 Å². The molecular formula is C9H22Si. The molecule has 0 heterocycles. The van der Waals surface area contributed by atoms with Crippen LogP contribution in [0.3, 0.4) is 0 Å². The summed E-state index contributed by atoms with van der Waals surface area (Å²) in [7, 11) is -0.354. The zero-order chi connectivity index (χ0) is 8.15. The Morgan fingerprint density at radius 2 is 1.70 bits per heavy atom. The van der Waals surface area contributed by atoms with Gasteiger partial charge in [0.2, 0.25) is 0 Å². The maximum atomic E-state index is 2.51. The fourth-order valence-electron chi connectivity index (χ4n) is 1.38. The molecule has 0 aromatic carbocycles. The summed E-state index contributed by atoms with van der Waals surface area (Å²) < 4.78 is 0. The predicted molar refractivity (Wildman–Crippen MR) is 52.4 cm³/mol. The van der Waals surface area contributed by atoms with E-state index in [1.54, 1.807) is 0 Å². The van der Waals surface area contributed by atoms with Gasteiger partial charge >= 0.3 is 0 Å². The maximum absolute atomic E-state index is 2.51. The first-order valence-corrected chi connectivity index (χ1v) is 7.23. The summed E-state index contributed by atoms with van der Waals surface area (Å²) in [5.41, 5.74) is 1.03. The van der Waals surface area contributed by atoms with Gasteiger partial charge in [-0.3, -0.25) is 0 Å². The van der Waals surface area contributed by atoms with E-state index in [1.165, 1.54) is 12.5 Å². The standard InChI is InChI=1S/C9H22Si/c1-6-7-10(5)9(4)8(2)3/h8-10H,6-7H2,1-5H3. The van der Waals surface area contributed by atoms with Crippen molar-refractivity contribution in [1.29, 1.82) is 0 Å². The van der Waals surface area contributed by atoms with Crippen molar-refractivity contribution in [1.82, 2.24) is 0 Å². The molecule has 0 saturated carbocycles. The van der Waals surface area contributed by atoms with Crippen molar-refractivity contribution >= 4 is 8.80 Å². The highest BCUT2D eigenvalue weighted by atomic mass is 28.3. The Kier molecular flexibility index (Phi) is 5.05. The summed E-state index contributed by atoms with van der Waals surface area (Å²) in [6.45, 7) is 11.9. The van der Waals surface area contributed by atoms with E-state index in [4.69, 9.17) is 0 Å². The molecule has 10 heavy (non-hydrogen) atoms. The van der Waals surface area contributed by atoms with Gasteiger partial charge in [-0.25, -0.2) is 0 Å². The first-order valence-electron chi connectivity index (χ1n) is 4.59. The second kappa shape index (κ2) is 4.95. The van der Waals surface area contributed by atoms with E-state index in [0.29, 0.717) is 0 Å². The molecular weight excluding hydrogens is 136 g/mol. The average molecular weight is 158 g/mol. The lowest BCUT2D eigenvalue weighted by Crippen LogP contribution is -2.17. The van der Waals surface area contributed by atoms with Gasteiger partial charge in [0.05, 0.1) is 0 Å². The second-order valence-electron chi connectivity index (χ2n) is 3.87. The third kappa shape index (κ3) is 3.40. The topological polar surface area (TPSA) is 0 Å². The van der Waals surface area contributed by atoms with E-state index in [9.17, 15) is 0 Å². The molecule has 0 saturated heterocycles. The van der Waals surface area contributed by atoms with E-state index in [-0.39, 0.29) is 8.80 Å². The summed E-state index contributed by atoms with van der Waals surface area (Å²) in [6.07, 6.45) is 1.39. The molecule has 2 unspecified atom stereocenters. The zero-order valence-corrected chi connectivity index (χ0v) is 9.30. The van der Waals surface area contributed by atoms with Crippen LogP contribution in [0.2, 0.25) is 18.1 Å². The van der Waals surface area contributed by atoms with E-state index in [1.807, 2.05) is 0 Å². The summed E-state index contributed by atoms with van der Waals surface area (Å²) in [5.74, 6) is 0.910. The molecule has 0 spiro atoms. The quantitative estimate of drug-likeness (QED) is 0.551. The largest absolute Gasteiger partial charge is 0.0718 e. The lowest BCUT2D eigenvalue weighted by molar-refractivity contribution is 0.610. The van der Waals surface area contributed by atoms with Gasteiger partial charge in [0.25, 0.3) is 0 Å². The van der Waals surface area contributed by atoms with Crippen LogP contribution < -0.4 is 0 Å². The van der Waals surface area contributed by atoms with Gasteiger partial charge in [-0.1, -0.05) is 46.7 Å². The van der Waals surface area contributed by atoms with E-state index in [0.717, 1.165) is 11.5 Å². The van der Waals surface area contributed by atoms with Gasteiger partial charge in [0.15, 0.2) is 0 Å². The monoisotopic (exact) mass is 158 g/mol. The van der Waals surface area contributed by atoms with Crippen LogP contribution in [0.4, 0.5) is 0 Å². The van der Waals surface area contributed by atoms with Crippen LogP contribution in [-0.2, 0) is 0 Å². The molecule has 0 aromatic heterocycles. The van der Waals surface area contributed by atoms with Crippen LogP contribution in [-0.4, -0.2) is 8.80 Å². The van der Waals surface area contributed by atoms with Crippen molar-refractivity contribution in [2.75, 3.05) is 0 Å².